The smallest absolute Gasteiger partial charge is 0.409 e. The van der Waals surface area contributed by atoms with E-state index in [0.717, 1.165) is 6.42 Å². The molecule has 2 aliphatic rings. The SMILES string of the molecule is CN(CC1COC(C)(C)O1)C(=O)OC1CC(C)(C)NC1(C)C. The van der Waals surface area contributed by atoms with Crippen LogP contribution in [-0.2, 0) is 14.2 Å². The molecule has 128 valence electrons. The van der Waals surface area contributed by atoms with Crippen molar-refractivity contribution in [2.24, 2.45) is 0 Å². The van der Waals surface area contributed by atoms with Crippen LogP contribution in [0.2, 0.25) is 0 Å². The van der Waals surface area contributed by atoms with E-state index in [9.17, 15) is 4.79 Å². The average molecular weight is 314 g/mol. The molecular weight excluding hydrogens is 284 g/mol. The van der Waals surface area contributed by atoms with Crippen LogP contribution in [-0.4, -0.2) is 60.3 Å². The fraction of sp³-hybridized carbons (Fsp3) is 0.938. The van der Waals surface area contributed by atoms with E-state index in [1.807, 2.05) is 13.8 Å². The van der Waals surface area contributed by atoms with Crippen molar-refractivity contribution >= 4 is 6.09 Å². The van der Waals surface area contributed by atoms with Crippen LogP contribution < -0.4 is 5.32 Å². The summed E-state index contributed by atoms with van der Waals surface area (Å²) in [5.41, 5.74) is -0.256. The van der Waals surface area contributed by atoms with Crippen LogP contribution in [0.1, 0.15) is 48.0 Å². The van der Waals surface area contributed by atoms with Crippen LogP contribution in [0.4, 0.5) is 4.79 Å². The number of nitrogens with zero attached hydrogens (tertiary/aromatic N) is 1. The molecule has 2 fully saturated rings. The molecule has 0 aromatic rings. The highest BCUT2D eigenvalue weighted by atomic mass is 16.7. The molecule has 22 heavy (non-hydrogen) atoms. The Morgan fingerprint density at radius 2 is 1.91 bits per heavy atom. The molecule has 0 aliphatic carbocycles. The van der Waals surface area contributed by atoms with Crippen molar-refractivity contribution in [1.82, 2.24) is 10.2 Å². The Bertz CT molecular complexity index is 434. The summed E-state index contributed by atoms with van der Waals surface area (Å²) < 4.78 is 17.0. The summed E-state index contributed by atoms with van der Waals surface area (Å²) in [4.78, 5) is 13.9. The van der Waals surface area contributed by atoms with Gasteiger partial charge in [-0.2, -0.15) is 0 Å². The third kappa shape index (κ3) is 4.12. The highest BCUT2D eigenvalue weighted by Gasteiger charge is 2.46. The molecule has 0 aromatic carbocycles. The van der Waals surface area contributed by atoms with E-state index in [4.69, 9.17) is 14.2 Å². The van der Waals surface area contributed by atoms with Crippen LogP contribution in [0.25, 0.3) is 0 Å². The summed E-state index contributed by atoms with van der Waals surface area (Å²) in [6, 6.07) is 0. The standard InChI is InChI=1S/C16H30N2O4/c1-14(2)8-12(15(3,4)17-14)21-13(19)18(7)9-11-10-20-16(5,6)22-11/h11-12,17H,8-10H2,1-7H3. The molecule has 2 saturated heterocycles. The molecule has 0 bridgehead atoms. The van der Waals surface area contributed by atoms with Gasteiger partial charge in [0.25, 0.3) is 0 Å². The maximum absolute atomic E-state index is 12.3. The number of amides is 1. The van der Waals surface area contributed by atoms with Gasteiger partial charge in [0.15, 0.2) is 5.79 Å². The van der Waals surface area contributed by atoms with Crippen LogP contribution in [0.15, 0.2) is 0 Å². The lowest BCUT2D eigenvalue weighted by Gasteiger charge is -2.29. The summed E-state index contributed by atoms with van der Waals surface area (Å²) in [7, 11) is 1.73. The topological polar surface area (TPSA) is 60.0 Å². The molecule has 1 amide bonds. The summed E-state index contributed by atoms with van der Waals surface area (Å²) in [5.74, 6) is -0.573. The van der Waals surface area contributed by atoms with Gasteiger partial charge in [-0.1, -0.05) is 0 Å². The third-order valence-corrected chi connectivity index (χ3v) is 4.26. The van der Waals surface area contributed by atoms with Crippen LogP contribution in [0, 0.1) is 0 Å². The molecular formula is C16H30N2O4. The van der Waals surface area contributed by atoms with E-state index >= 15 is 0 Å². The molecule has 0 spiro atoms. The molecule has 1 N–H and O–H groups in total. The number of carbonyl (C=O) groups is 1. The van der Waals surface area contributed by atoms with Crippen molar-refractivity contribution in [3.8, 4) is 0 Å². The first kappa shape index (κ1) is 17.5. The molecule has 0 saturated carbocycles. The lowest BCUT2D eigenvalue weighted by molar-refractivity contribution is -0.139. The van der Waals surface area contributed by atoms with Crippen LogP contribution in [0.3, 0.4) is 0 Å². The number of carbonyl (C=O) groups excluding carboxylic acids is 1. The predicted octanol–water partition coefficient (Wildman–Crippen LogP) is 2.13. The van der Waals surface area contributed by atoms with E-state index < -0.39 is 5.79 Å². The molecule has 2 heterocycles. The van der Waals surface area contributed by atoms with E-state index in [1.165, 1.54) is 0 Å². The summed E-state index contributed by atoms with van der Waals surface area (Å²) in [6.07, 6.45) is 0.231. The maximum atomic E-state index is 12.3. The Hall–Kier alpha value is -0.850. The molecule has 2 atom stereocenters. The first-order chi connectivity index (χ1) is 9.90. The molecule has 0 radical (unpaired) electrons. The molecule has 6 heteroatoms. The fourth-order valence-electron chi connectivity index (χ4n) is 3.36. The van der Waals surface area contributed by atoms with Gasteiger partial charge >= 0.3 is 6.09 Å². The minimum Gasteiger partial charge on any atom is -0.444 e. The maximum Gasteiger partial charge on any atom is 0.409 e. The Labute approximate surface area is 133 Å². The second-order valence-electron chi connectivity index (χ2n) is 8.14. The van der Waals surface area contributed by atoms with Gasteiger partial charge in [0, 0.05) is 19.0 Å². The second-order valence-corrected chi connectivity index (χ2v) is 8.14. The first-order valence-electron chi connectivity index (χ1n) is 7.93. The van der Waals surface area contributed by atoms with Crippen LogP contribution in [0.5, 0.6) is 0 Å². The summed E-state index contributed by atoms with van der Waals surface area (Å²) >= 11 is 0. The van der Waals surface area contributed by atoms with Crippen molar-refractivity contribution in [1.29, 1.82) is 0 Å². The number of likely N-dealkylation sites (N-methyl/N-ethyl adjacent to an activating group) is 1. The number of nitrogens with one attached hydrogen (secondary N) is 1. The van der Waals surface area contributed by atoms with Crippen molar-refractivity contribution in [3.05, 3.63) is 0 Å². The Kier molecular flexibility index (Phi) is 4.50. The van der Waals surface area contributed by atoms with Gasteiger partial charge in [-0.15, -0.1) is 0 Å². The normalized spacial score (nSPS) is 32.0. The predicted molar refractivity (Wildman–Crippen MR) is 83.7 cm³/mol. The van der Waals surface area contributed by atoms with E-state index in [1.54, 1.807) is 11.9 Å². The number of hydrogen-bond donors (Lipinski definition) is 1. The van der Waals surface area contributed by atoms with Crippen LogP contribution >= 0.6 is 0 Å². The monoisotopic (exact) mass is 314 g/mol. The highest BCUT2D eigenvalue weighted by Crippen LogP contribution is 2.33. The van der Waals surface area contributed by atoms with Gasteiger partial charge in [-0.05, 0) is 41.5 Å². The number of rotatable bonds is 3. The molecule has 2 rings (SSSR count). The van der Waals surface area contributed by atoms with Crippen molar-refractivity contribution in [2.75, 3.05) is 20.2 Å². The molecule has 0 aromatic heterocycles. The first-order valence-corrected chi connectivity index (χ1v) is 7.93. The highest BCUT2D eigenvalue weighted by molar-refractivity contribution is 5.67. The van der Waals surface area contributed by atoms with E-state index in [0.29, 0.717) is 13.2 Å². The zero-order chi connectivity index (χ0) is 16.8. The minimum atomic E-state index is -0.573. The van der Waals surface area contributed by atoms with Gasteiger partial charge in [0.1, 0.15) is 12.2 Å². The van der Waals surface area contributed by atoms with E-state index in [2.05, 4.69) is 33.0 Å². The lowest BCUT2D eigenvalue weighted by atomic mass is 9.97. The minimum absolute atomic E-state index is 0.0283. The lowest BCUT2D eigenvalue weighted by Crippen LogP contribution is -2.48. The van der Waals surface area contributed by atoms with Crippen molar-refractivity contribution in [2.45, 2.75) is 77.0 Å². The number of hydrogen-bond acceptors (Lipinski definition) is 5. The quantitative estimate of drug-likeness (QED) is 0.865. The summed E-state index contributed by atoms with van der Waals surface area (Å²) in [6.45, 7) is 13.1. The largest absolute Gasteiger partial charge is 0.444 e. The fourth-order valence-corrected chi connectivity index (χ4v) is 3.36. The molecule has 2 aliphatic heterocycles. The zero-order valence-electron chi connectivity index (χ0n) is 14.9. The van der Waals surface area contributed by atoms with Gasteiger partial charge in [0.2, 0.25) is 0 Å². The third-order valence-electron chi connectivity index (χ3n) is 4.26. The Balaban J connectivity index is 1.87. The van der Waals surface area contributed by atoms with Crippen molar-refractivity contribution < 1.29 is 19.0 Å². The second kappa shape index (κ2) is 5.65. The van der Waals surface area contributed by atoms with E-state index in [-0.39, 0.29) is 29.4 Å². The Morgan fingerprint density at radius 3 is 2.36 bits per heavy atom. The summed E-state index contributed by atoms with van der Waals surface area (Å²) in [5, 5.41) is 3.51. The zero-order valence-corrected chi connectivity index (χ0v) is 14.9. The Morgan fingerprint density at radius 1 is 1.27 bits per heavy atom. The van der Waals surface area contributed by atoms with Crippen molar-refractivity contribution in [3.63, 3.8) is 0 Å². The van der Waals surface area contributed by atoms with Gasteiger partial charge in [0.05, 0.1) is 18.7 Å². The van der Waals surface area contributed by atoms with Gasteiger partial charge < -0.3 is 24.4 Å². The molecule has 2 unspecified atom stereocenters. The average Bonchev–Trinajstić information content (AvgIpc) is 2.75. The molecule has 6 nitrogen and oxygen atoms in total. The van der Waals surface area contributed by atoms with Gasteiger partial charge in [-0.25, -0.2) is 4.79 Å². The van der Waals surface area contributed by atoms with Gasteiger partial charge in [-0.3, -0.25) is 0 Å². The number of ether oxygens (including phenoxy) is 3.